The molecule has 11 heteroatoms. The summed E-state index contributed by atoms with van der Waals surface area (Å²) >= 11 is 5.47. The van der Waals surface area contributed by atoms with Crippen molar-refractivity contribution in [2.24, 2.45) is 5.92 Å². The normalized spacial score (nSPS) is 20.2. The van der Waals surface area contributed by atoms with Crippen LogP contribution in [0.15, 0.2) is 30.3 Å². The molecule has 1 saturated carbocycles. The Balaban J connectivity index is 0.000000773. The smallest absolute Gasteiger partial charge is 0.217 e. The van der Waals surface area contributed by atoms with E-state index < -0.39 is 16.0 Å². The Morgan fingerprint density at radius 3 is 1.97 bits per heavy atom. The highest BCUT2D eigenvalue weighted by Crippen LogP contribution is 2.40. The number of halogens is 2. The summed E-state index contributed by atoms with van der Waals surface area (Å²) in [5.74, 6) is 1.16. The fourth-order valence-electron chi connectivity index (χ4n) is 4.56. The summed E-state index contributed by atoms with van der Waals surface area (Å²) in [6.45, 7) is 6.37. The third-order valence-electron chi connectivity index (χ3n) is 7.02. The summed E-state index contributed by atoms with van der Waals surface area (Å²) in [4.78, 5) is 2.49. The first-order chi connectivity index (χ1) is 16.6. The zero-order valence-electron chi connectivity index (χ0n) is 23.5. The molecule has 8 nitrogen and oxygen atoms in total. The van der Waals surface area contributed by atoms with Crippen molar-refractivity contribution in [3.8, 4) is 0 Å². The predicted octanol–water partition coefficient (Wildman–Crippen LogP) is -0.125. The van der Waals surface area contributed by atoms with E-state index in [0.717, 1.165) is 53.7 Å². The van der Waals surface area contributed by atoms with Crippen molar-refractivity contribution in [3.05, 3.63) is 35.9 Å². The minimum Gasteiger partial charge on any atom is -1.00 e. The van der Waals surface area contributed by atoms with Crippen molar-refractivity contribution in [2.75, 3.05) is 87.5 Å². The van der Waals surface area contributed by atoms with Crippen LogP contribution in [0.5, 0.6) is 0 Å². The van der Waals surface area contributed by atoms with Crippen LogP contribution in [0.1, 0.15) is 37.7 Å². The maximum Gasteiger partial charge on any atom is 0.217 e. The molecule has 1 atom stereocenters. The zero-order chi connectivity index (χ0) is 27.5. The van der Waals surface area contributed by atoms with Gasteiger partial charge in [-0.3, -0.25) is 9.08 Å². The van der Waals surface area contributed by atoms with E-state index in [9.17, 15) is 18.1 Å². The summed E-state index contributed by atoms with van der Waals surface area (Å²) < 4.78 is 33.1. The molecule has 37 heavy (non-hydrogen) atoms. The van der Waals surface area contributed by atoms with E-state index in [1.807, 2.05) is 6.07 Å². The molecule has 1 heterocycles. The summed E-state index contributed by atoms with van der Waals surface area (Å²) in [6.07, 6.45) is 6.20. The van der Waals surface area contributed by atoms with Crippen LogP contribution in [-0.4, -0.2) is 119 Å². The maximum absolute atomic E-state index is 11.7. The molecule has 1 aliphatic heterocycles. The van der Waals surface area contributed by atoms with Crippen molar-refractivity contribution >= 4 is 22.0 Å². The molecular formula is C26H49Cl2N3O5S. The third-order valence-corrected chi connectivity index (χ3v) is 7.60. The number of piperazine rings is 1. The molecule has 0 bridgehead atoms. The molecule has 0 spiro atoms. The number of likely N-dealkylation sites (N-methyl/N-ethyl adjacent to an activating group) is 1. The lowest BCUT2D eigenvalue weighted by Gasteiger charge is -2.45. The number of β-amino-alcohol motifs (C(OH)–C–C–N with tert-alkyl or cyclic N) is 1. The Kier molecular flexibility index (Phi) is 16.4. The Hall–Kier alpha value is -0.490. The van der Waals surface area contributed by atoms with Gasteiger partial charge in [0.05, 0.1) is 67.9 Å². The molecule has 1 unspecified atom stereocenters. The summed E-state index contributed by atoms with van der Waals surface area (Å²) in [7, 11) is 7.39. The van der Waals surface area contributed by atoms with Crippen LogP contribution in [-0.2, 0) is 20.2 Å². The molecule has 3 rings (SSSR count). The molecule has 0 aromatic heterocycles. The highest BCUT2D eigenvalue weighted by Gasteiger charge is 2.41. The Bertz CT molecular complexity index is 838. The molecule has 1 aliphatic carbocycles. The Morgan fingerprint density at radius 1 is 1.11 bits per heavy atom. The largest absolute Gasteiger partial charge is 1.00 e. The van der Waals surface area contributed by atoms with Gasteiger partial charge in [-0.1, -0.05) is 49.6 Å². The van der Waals surface area contributed by atoms with E-state index in [-0.39, 0.29) is 12.4 Å². The van der Waals surface area contributed by atoms with Crippen molar-refractivity contribution in [3.63, 3.8) is 0 Å². The average molecular weight is 587 g/mol. The van der Waals surface area contributed by atoms with E-state index in [4.69, 9.17) is 11.6 Å². The van der Waals surface area contributed by atoms with Crippen molar-refractivity contribution in [1.29, 1.82) is 0 Å². The SMILES string of the molecule is COS(=O)(=O)[O-].C[N+](C)(C)CCCl.C[N+]1(C)CCN(CC(O)(c2ccccc2)C2CCCCC2)CC1.[Cl-]. The predicted molar refractivity (Wildman–Crippen MR) is 146 cm³/mol. The van der Waals surface area contributed by atoms with E-state index in [1.54, 1.807) is 0 Å². The standard InChI is InChI=1S/C20H33N2O.C5H13ClN.CH4O4S.ClH/c1-22(2)15-13-21(14-16-22)17-20(23,18-9-5-3-6-10-18)19-11-7-4-8-12-19;1-7(2,3)5-4-6;1-5-6(2,3)4;/h3,5-6,9-10,19,23H,4,7-8,11-17H2,1-2H3;4-5H2,1-3H3;1H3,(H,2,3,4);1H/q2*+1;;/p-2. The van der Waals surface area contributed by atoms with Gasteiger partial charge >= 0.3 is 0 Å². The summed E-state index contributed by atoms with van der Waals surface area (Å²) in [5.41, 5.74) is 0.433. The van der Waals surface area contributed by atoms with Gasteiger partial charge in [-0.15, -0.1) is 11.6 Å². The van der Waals surface area contributed by atoms with Gasteiger partial charge in [-0.05, 0) is 24.3 Å². The number of hydrogen-bond donors (Lipinski definition) is 1. The van der Waals surface area contributed by atoms with Crippen molar-refractivity contribution in [1.82, 2.24) is 4.90 Å². The second-order valence-electron chi connectivity index (χ2n) is 11.6. The first-order valence-corrected chi connectivity index (χ1v) is 14.7. The molecule has 2 fully saturated rings. The first kappa shape index (κ1) is 36.5. The summed E-state index contributed by atoms with van der Waals surface area (Å²) in [5, 5.41) is 11.7. The number of alkyl halides is 1. The van der Waals surface area contributed by atoms with E-state index in [0.29, 0.717) is 5.92 Å². The lowest BCUT2D eigenvalue weighted by atomic mass is 9.73. The molecule has 1 saturated heterocycles. The lowest BCUT2D eigenvalue weighted by molar-refractivity contribution is -0.894. The van der Waals surface area contributed by atoms with Crippen LogP contribution in [0.2, 0.25) is 0 Å². The van der Waals surface area contributed by atoms with Gasteiger partial charge in [0.25, 0.3) is 0 Å². The minimum atomic E-state index is -4.41. The van der Waals surface area contributed by atoms with Crippen molar-refractivity contribution in [2.45, 2.75) is 37.7 Å². The topological polar surface area (TPSA) is 89.9 Å². The van der Waals surface area contributed by atoms with Crippen LogP contribution in [0.3, 0.4) is 0 Å². The Morgan fingerprint density at radius 2 is 1.59 bits per heavy atom. The number of hydrogen-bond acceptors (Lipinski definition) is 6. The molecule has 0 amide bonds. The van der Waals surface area contributed by atoms with E-state index in [2.05, 4.69) is 68.6 Å². The number of benzene rings is 1. The molecular weight excluding hydrogens is 537 g/mol. The molecule has 2 aliphatic rings. The van der Waals surface area contributed by atoms with Crippen LogP contribution in [0.25, 0.3) is 0 Å². The highest BCUT2D eigenvalue weighted by atomic mass is 35.5. The van der Waals surface area contributed by atoms with Crippen LogP contribution < -0.4 is 12.4 Å². The molecule has 1 N–H and O–H groups in total. The highest BCUT2D eigenvalue weighted by molar-refractivity contribution is 7.80. The van der Waals surface area contributed by atoms with Gasteiger partial charge in [0.2, 0.25) is 10.4 Å². The van der Waals surface area contributed by atoms with Crippen LogP contribution in [0, 0.1) is 5.92 Å². The van der Waals surface area contributed by atoms with E-state index >= 15 is 0 Å². The zero-order valence-corrected chi connectivity index (χ0v) is 25.9. The number of nitrogens with zero attached hydrogens (tertiary/aromatic N) is 3. The van der Waals surface area contributed by atoms with Gasteiger partial charge < -0.3 is 31.0 Å². The molecule has 218 valence electrons. The Labute approximate surface area is 237 Å². The number of aliphatic hydroxyl groups is 1. The number of rotatable bonds is 7. The van der Waals surface area contributed by atoms with Crippen LogP contribution >= 0.6 is 11.6 Å². The van der Waals surface area contributed by atoms with Gasteiger partial charge in [0.15, 0.2) is 0 Å². The number of quaternary nitrogens is 2. The van der Waals surface area contributed by atoms with Crippen LogP contribution in [0.4, 0.5) is 0 Å². The monoisotopic (exact) mass is 585 g/mol. The lowest BCUT2D eigenvalue weighted by Crippen LogP contribution is -3.00. The van der Waals surface area contributed by atoms with E-state index in [1.165, 1.54) is 45.2 Å². The fourth-order valence-corrected chi connectivity index (χ4v) is 5.07. The second kappa shape index (κ2) is 16.6. The first-order valence-electron chi connectivity index (χ1n) is 12.8. The minimum absolute atomic E-state index is 0. The fraction of sp³-hybridized carbons (Fsp3) is 0.769. The van der Waals surface area contributed by atoms with Gasteiger partial charge in [-0.2, -0.15) is 0 Å². The summed E-state index contributed by atoms with van der Waals surface area (Å²) in [6, 6.07) is 10.4. The molecule has 0 radical (unpaired) electrons. The van der Waals surface area contributed by atoms with Gasteiger partial charge in [-0.25, -0.2) is 8.42 Å². The quantitative estimate of drug-likeness (QED) is 0.208. The molecule has 1 aromatic carbocycles. The molecule has 1 aromatic rings. The third kappa shape index (κ3) is 15.0. The maximum atomic E-state index is 11.7. The average Bonchev–Trinajstić information content (AvgIpc) is 2.81. The van der Waals surface area contributed by atoms with Crippen molar-refractivity contribution < 1.29 is 43.6 Å². The van der Waals surface area contributed by atoms with Gasteiger partial charge in [0.1, 0.15) is 5.60 Å². The van der Waals surface area contributed by atoms with Gasteiger partial charge in [0, 0.05) is 19.6 Å². The second-order valence-corrected chi connectivity index (χ2v) is 13.1.